The molecule has 0 atom stereocenters. The van der Waals surface area contributed by atoms with Crippen molar-refractivity contribution in [3.8, 4) is 0 Å². The molecule has 0 saturated carbocycles. The van der Waals surface area contributed by atoms with E-state index in [0.29, 0.717) is 28.3 Å². The Morgan fingerprint density at radius 3 is 2.70 bits per heavy atom. The van der Waals surface area contributed by atoms with Crippen molar-refractivity contribution in [3.05, 3.63) is 89.8 Å². The minimum Gasteiger partial charge on any atom is -0.316 e. The molecule has 1 amide bonds. The van der Waals surface area contributed by atoms with Crippen molar-refractivity contribution in [1.29, 1.82) is 0 Å². The number of halogens is 1. The van der Waals surface area contributed by atoms with Crippen molar-refractivity contribution in [2.45, 2.75) is 19.9 Å². The van der Waals surface area contributed by atoms with Crippen LogP contribution in [0.15, 0.2) is 62.7 Å². The van der Waals surface area contributed by atoms with Crippen molar-refractivity contribution in [2.75, 3.05) is 5.32 Å². The van der Waals surface area contributed by atoms with Crippen molar-refractivity contribution in [2.24, 2.45) is 0 Å². The molecule has 0 bridgehead atoms. The van der Waals surface area contributed by atoms with Gasteiger partial charge in [0, 0.05) is 34.1 Å². The number of fused-ring (bicyclic) bond motifs is 1. The van der Waals surface area contributed by atoms with E-state index in [9.17, 15) is 14.4 Å². The lowest BCUT2D eigenvalue weighted by Gasteiger charge is -2.08. The highest BCUT2D eigenvalue weighted by molar-refractivity contribution is 9.10. The largest absolute Gasteiger partial charge is 0.316 e. The Labute approximate surface area is 183 Å². The van der Waals surface area contributed by atoms with Gasteiger partial charge >= 0.3 is 11.1 Å². The van der Waals surface area contributed by atoms with Gasteiger partial charge in [0.05, 0.1) is 11.0 Å². The van der Waals surface area contributed by atoms with Gasteiger partial charge in [-0.3, -0.25) is 19.7 Å². The molecule has 0 unspecified atom stereocenters. The lowest BCUT2D eigenvalue weighted by atomic mass is 10.1. The lowest BCUT2D eigenvalue weighted by molar-refractivity contribution is 0.102. The first-order chi connectivity index (χ1) is 14.4. The SMILES string of the molecule is CCn1c(=O)c(=O)[nH]c2cc(C(=O)Nc3ncc(Cc4ccc(Br)cc4)s3)ccc21. The number of thiazole rings is 1. The van der Waals surface area contributed by atoms with Gasteiger partial charge in [0.25, 0.3) is 5.91 Å². The zero-order valence-electron chi connectivity index (χ0n) is 15.9. The Morgan fingerprint density at radius 2 is 1.97 bits per heavy atom. The van der Waals surface area contributed by atoms with Crippen LogP contribution in [0.25, 0.3) is 11.0 Å². The molecule has 9 heteroatoms. The molecule has 2 N–H and O–H groups in total. The molecule has 0 aliphatic rings. The second kappa shape index (κ2) is 8.37. The number of nitrogens with zero attached hydrogens (tertiary/aromatic N) is 2. The summed E-state index contributed by atoms with van der Waals surface area (Å²) in [5, 5.41) is 3.29. The van der Waals surface area contributed by atoms with Gasteiger partial charge in [-0.1, -0.05) is 28.1 Å². The number of benzene rings is 2. The van der Waals surface area contributed by atoms with E-state index in [2.05, 4.69) is 31.2 Å². The number of aryl methyl sites for hydroxylation is 1. The number of aromatic amines is 1. The van der Waals surface area contributed by atoms with E-state index < -0.39 is 11.1 Å². The molecule has 0 spiro atoms. The maximum atomic E-state index is 12.7. The number of carbonyl (C=O) groups excluding carboxylic acids is 1. The zero-order chi connectivity index (χ0) is 21.3. The summed E-state index contributed by atoms with van der Waals surface area (Å²) in [7, 11) is 0. The summed E-state index contributed by atoms with van der Waals surface area (Å²) in [6, 6.07) is 12.9. The Balaban J connectivity index is 1.54. The molecule has 0 aliphatic carbocycles. The second-order valence-corrected chi connectivity index (χ2v) is 8.66. The highest BCUT2D eigenvalue weighted by Crippen LogP contribution is 2.23. The average Bonchev–Trinajstić information content (AvgIpc) is 3.17. The van der Waals surface area contributed by atoms with Crippen LogP contribution in [-0.2, 0) is 13.0 Å². The van der Waals surface area contributed by atoms with E-state index in [1.165, 1.54) is 15.9 Å². The quantitative estimate of drug-likeness (QED) is 0.421. The van der Waals surface area contributed by atoms with Crippen molar-refractivity contribution >= 4 is 49.3 Å². The van der Waals surface area contributed by atoms with E-state index in [4.69, 9.17) is 0 Å². The highest BCUT2D eigenvalue weighted by atomic mass is 79.9. The molecule has 2 aromatic heterocycles. The number of anilines is 1. The number of rotatable bonds is 5. The summed E-state index contributed by atoms with van der Waals surface area (Å²) in [4.78, 5) is 44.3. The minimum atomic E-state index is -0.709. The molecule has 4 aromatic rings. The molecule has 30 heavy (non-hydrogen) atoms. The summed E-state index contributed by atoms with van der Waals surface area (Å²) < 4.78 is 2.40. The van der Waals surface area contributed by atoms with Gasteiger partial charge in [0.1, 0.15) is 0 Å². The molecule has 2 aromatic carbocycles. The van der Waals surface area contributed by atoms with Crippen LogP contribution in [0.3, 0.4) is 0 Å². The number of aromatic nitrogens is 3. The minimum absolute atomic E-state index is 0.337. The van der Waals surface area contributed by atoms with Crippen molar-refractivity contribution in [3.63, 3.8) is 0 Å². The first-order valence-corrected chi connectivity index (χ1v) is 10.8. The number of hydrogen-bond acceptors (Lipinski definition) is 5. The van der Waals surface area contributed by atoms with Crippen LogP contribution in [0.4, 0.5) is 5.13 Å². The molecule has 152 valence electrons. The standard InChI is InChI=1S/C21H17BrN4O3S/c1-2-26-17-8-5-13(10-16(17)24-19(28)20(26)29)18(27)25-21-23-11-15(30-21)9-12-3-6-14(22)7-4-12/h3-8,10-11H,2,9H2,1H3,(H,24,28)(H,23,25,27). The molecule has 4 rings (SSSR count). The fourth-order valence-corrected chi connectivity index (χ4v) is 4.26. The average molecular weight is 485 g/mol. The second-order valence-electron chi connectivity index (χ2n) is 6.62. The predicted octanol–water partition coefficient (Wildman–Crippen LogP) is 3.77. The maximum Gasteiger partial charge on any atom is 0.316 e. The maximum absolute atomic E-state index is 12.7. The summed E-state index contributed by atoms with van der Waals surface area (Å²) in [6.45, 7) is 2.15. The third kappa shape index (κ3) is 4.12. The van der Waals surface area contributed by atoms with E-state index in [-0.39, 0.29) is 5.91 Å². The molecule has 0 saturated heterocycles. The Kier molecular flexibility index (Phi) is 5.65. The topological polar surface area (TPSA) is 96.9 Å². The van der Waals surface area contributed by atoms with Crippen LogP contribution >= 0.6 is 27.3 Å². The van der Waals surface area contributed by atoms with E-state index >= 15 is 0 Å². The molecule has 2 heterocycles. The number of carbonyl (C=O) groups is 1. The van der Waals surface area contributed by atoms with Gasteiger partial charge in [0.15, 0.2) is 5.13 Å². The Morgan fingerprint density at radius 1 is 1.20 bits per heavy atom. The predicted molar refractivity (Wildman–Crippen MR) is 122 cm³/mol. The highest BCUT2D eigenvalue weighted by Gasteiger charge is 2.13. The van der Waals surface area contributed by atoms with Gasteiger partial charge in [-0.25, -0.2) is 4.98 Å². The van der Waals surface area contributed by atoms with E-state index in [1.807, 2.05) is 24.3 Å². The first-order valence-electron chi connectivity index (χ1n) is 9.22. The summed E-state index contributed by atoms with van der Waals surface area (Å²) in [6.07, 6.45) is 2.48. The van der Waals surface area contributed by atoms with Crippen LogP contribution in [0.5, 0.6) is 0 Å². The van der Waals surface area contributed by atoms with Gasteiger partial charge in [-0.05, 0) is 42.8 Å². The van der Waals surface area contributed by atoms with Crippen molar-refractivity contribution < 1.29 is 4.79 Å². The normalized spacial score (nSPS) is 11.0. The fourth-order valence-electron chi connectivity index (χ4n) is 3.15. The van der Waals surface area contributed by atoms with E-state index in [1.54, 1.807) is 31.3 Å². The van der Waals surface area contributed by atoms with Crippen molar-refractivity contribution in [1.82, 2.24) is 14.5 Å². The lowest BCUT2D eigenvalue weighted by Crippen LogP contribution is -2.36. The number of amides is 1. The Hall–Kier alpha value is -3.04. The van der Waals surface area contributed by atoms with Gasteiger partial charge in [-0.2, -0.15) is 0 Å². The molecule has 7 nitrogen and oxygen atoms in total. The number of H-pyrrole nitrogens is 1. The smallest absolute Gasteiger partial charge is 0.316 e. The number of nitrogens with one attached hydrogen (secondary N) is 2. The zero-order valence-corrected chi connectivity index (χ0v) is 18.3. The third-order valence-electron chi connectivity index (χ3n) is 4.62. The number of hydrogen-bond donors (Lipinski definition) is 2. The molecule has 0 radical (unpaired) electrons. The Bertz CT molecular complexity index is 1360. The third-order valence-corrected chi connectivity index (χ3v) is 6.06. The fraction of sp³-hybridized carbons (Fsp3) is 0.143. The first kappa shape index (κ1) is 20.2. The summed E-state index contributed by atoms with van der Waals surface area (Å²) >= 11 is 4.83. The summed E-state index contributed by atoms with van der Waals surface area (Å²) in [5.41, 5.74) is 1.21. The summed E-state index contributed by atoms with van der Waals surface area (Å²) in [5.74, 6) is -0.337. The molecule has 0 aliphatic heterocycles. The van der Waals surface area contributed by atoms with Crippen LogP contribution in [0.1, 0.15) is 27.7 Å². The molecular formula is C21H17BrN4O3S. The van der Waals surface area contributed by atoms with Gasteiger partial charge in [0.2, 0.25) is 0 Å². The van der Waals surface area contributed by atoms with Crippen LogP contribution < -0.4 is 16.4 Å². The molecule has 0 fully saturated rings. The van der Waals surface area contributed by atoms with Gasteiger partial charge in [-0.15, -0.1) is 11.3 Å². The van der Waals surface area contributed by atoms with Crippen LogP contribution in [0.2, 0.25) is 0 Å². The van der Waals surface area contributed by atoms with Gasteiger partial charge < -0.3 is 9.55 Å². The van der Waals surface area contributed by atoms with Crippen LogP contribution in [0, 0.1) is 0 Å². The molecular weight excluding hydrogens is 468 g/mol. The monoisotopic (exact) mass is 484 g/mol. The van der Waals surface area contributed by atoms with E-state index in [0.717, 1.165) is 21.3 Å². The van der Waals surface area contributed by atoms with Crippen LogP contribution in [-0.4, -0.2) is 20.4 Å².